The first-order valence-electron chi connectivity index (χ1n) is 42.2. The lowest BCUT2D eigenvalue weighted by Crippen LogP contribution is -2.71. The molecule has 4 saturated heterocycles. The first-order chi connectivity index (χ1) is 63.3. The number of carbonyl (C=O) groups excluding carboxylic acids is 5. The molecular formula is C78H130N12O43. The summed E-state index contributed by atoms with van der Waals surface area (Å²) in [5, 5.41) is 258. The Bertz CT molecular complexity index is 3830. The highest BCUT2D eigenvalue weighted by Gasteiger charge is 2.62. The van der Waals surface area contributed by atoms with Gasteiger partial charge in [0.05, 0.1) is 155 Å². The summed E-state index contributed by atoms with van der Waals surface area (Å²) < 4.78 is 77.0. The molecule has 4 aliphatic rings. The maximum absolute atomic E-state index is 14.2. The molecule has 4 aliphatic heterocycles. The molecule has 2 aromatic rings. The van der Waals surface area contributed by atoms with Gasteiger partial charge in [-0.25, -0.2) is 4.79 Å². The van der Waals surface area contributed by atoms with E-state index >= 15 is 0 Å². The van der Waals surface area contributed by atoms with Crippen molar-refractivity contribution >= 4 is 35.5 Å². The molecule has 0 radical (unpaired) electrons. The molecule has 6 rings (SSSR count). The van der Waals surface area contributed by atoms with Gasteiger partial charge in [0, 0.05) is 73.8 Å². The number of amides is 5. The standard InChI is InChI=1S/C39H64N6O21.C31H48N2O19.C8H18N4O3/c1-20(49)44-28-24(51)16-39(65-34(28)30(55)25(52)17-46,38(59)42-8-10-60-12-14-62-15-13-61-11-9-43-45-41)66-35-31(56)27(19-48)63-37(32(35)57)64-33(26(53)18-47)29(54)23(50)7-6-21-4-2-3-5-22(21)36(40)58;1-12(37)33-20-16(39)8-31(30(47)48,51-26(20)22(43)17(40)9-34)52-27-23(44)19(11-36)49-29(24(27)45)50-25(18(41)10-35)21(42)15(38)7-6-13-4-2-3-5-14(13)28(32)46;9-1-3-13-5-7-15-8-6-14-4-2-11-12-10/h2-5,23-35,37,46-48,50-57H,6-19H2,1H3,(H2,40,58)(H,42,59)(H,44,49);2-5,15-27,29,34-36,38-45H,6-11H2,1H3,(H2,32,46)(H,33,37)(H,47,48);1-9H2/t23?,24-,25-,26?,27?,28-,29-,30-,31+,32?,33-,34?,35+,37+,39+;15?,16-,17-,18?,19?,20-,21-,22-,23+,24?,25-,26?,27+,29+,31+;/m11./s1. The zero-order valence-corrected chi connectivity index (χ0v) is 72.9. The highest BCUT2D eigenvalue weighted by Crippen LogP contribution is 2.41. The third-order valence-electron chi connectivity index (χ3n) is 20.9. The van der Waals surface area contributed by atoms with Gasteiger partial charge in [-0.05, 0) is 60.0 Å². The van der Waals surface area contributed by atoms with Crippen LogP contribution in [0.3, 0.4) is 0 Å². The predicted molar refractivity (Wildman–Crippen MR) is 444 cm³/mol. The van der Waals surface area contributed by atoms with Crippen LogP contribution in [0.25, 0.3) is 20.9 Å². The summed E-state index contributed by atoms with van der Waals surface area (Å²) in [7, 11) is 0. The Kier molecular flexibility index (Phi) is 54.5. The number of nitrogens with two attached hydrogens (primary N) is 3. The van der Waals surface area contributed by atoms with Crippen molar-refractivity contribution in [3.63, 3.8) is 0 Å². The molecule has 4 heterocycles. The summed E-state index contributed by atoms with van der Waals surface area (Å²) in [5.74, 6) is -12.2. The van der Waals surface area contributed by atoms with Crippen LogP contribution in [0.4, 0.5) is 0 Å². The minimum absolute atomic E-state index is 0.00648. The molecule has 4 fully saturated rings. The number of azide groups is 2. The van der Waals surface area contributed by atoms with Crippen LogP contribution in [-0.2, 0) is 98.3 Å². The minimum atomic E-state index is -3.08. The number of hydrogen-bond acceptors (Lipinski definition) is 45. The van der Waals surface area contributed by atoms with Crippen LogP contribution in [0.5, 0.6) is 0 Å². The fraction of sp³-hybridized carbons (Fsp3) is 0.769. The Morgan fingerprint density at radius 2 is 0.835 bits per heavy atom. The van der Waals surface area contributed by atoms with Crippen molar-refractivity contribution in [2.24, 2.45) is 27.4 Å². The summed E-state index contributed by atoms with van der Waals surface area (Å²) in [6, 6.07) is 9.22. The van der Waals surface area contributed by atoms with E-state index in [0.29, 0.717) is 63.9 Å². The van der Waals surface area contributed by atoms with Gasteiger partial charge < -0.3 is 217 Å². The summed E-state index contributed by atoms with van der Waals surface area (Å²) in [6.07, 6.45) is -54.6. The molecule has 30 atom stereocenters. The van der Waals surface area contributed by atoms with E-state index in [1.807, 2.05) is 0 Å². The Morgan fingerprint density at radius 1 is 0.489 bits per heavy atom. The fourth-order valence-corrected chi connectivity index (χ4v) is 14.1. The molecule has 760 valence electrons. The van der Waals surface area contributed by atoms with Crippen LogP contribution in [0.15, 0.2) is 58.8 Å². The smallest absolute Gasteiger partial charge is 0.364 e. The number of benzene rings is 2. The molecule has 133 heavy (non-hydrogen) atoms. The van der Waals surface area contributed by atoms with Crippen molar-refractivity contribution in [1.29, 1.82) is 0 Å². The normalized spacial score (nSPS) is 28.0. The second-order valence-electron chi connectivity index (χ2n) is 30.6. The summed E-state index contributed by atoms with van der Waals surface area (Å²) in [4.78, 5) is 79.8. The molecule has 32 N–H and O–H groups in total. The average Bonchev–Trinajstić information content (AvgIpc) is 0.754. The molecule has 0 saturated carbocycles. The topological polar surface area (TPSA) is 909 Å². The molecule has 0 spiro atoms. The number of carboxylic acids is 1. The first-order valence-corrected chi connectivity index (χ1v) is 42.2. The molecule has 2 aromatic carbocycles. The Labute approximate surface area is 760 Å². The minimum Gasteiger partial charge on any atom is -0.477 e. The predicted octanol–water partition coefficient (Wildman–Crippen LogP) is -13.0. The lowest BCUT2D eigenvalue weighted by Gasteiger charge is -2.51. The van der Waals surface area contributed by atoms with Gasteiger partial charge in [0.2, 0.25) is 23.6 Å². The van der Waals surface area contributed by atoms with Crippen molar-refractivity contribution in [3.8, 4) is 0 Å². The van der Waals surface area contributed by atoms with Gasteiger partial charge in [-0.1, -0.05) is 46.6 Å². The van der Waals surface area contributed by atoms with E-state index in [-0.39, 0.29) is 89.5 Å². The van der Waals surface area contributed by atoms with Gasteiger partial charge in [0.25, 0.3) is 17.5 Å². The van der Waals surface area contributed by atoms with Crippen molar-refractivity contribution in [1.82, 2.24) is 16.0 Å². The summed E-state index contributed by atoms with van der Waals surface area (Å²) in [6.45, 7) is 0.231. The molecule has 55 heteroatoms. The monoisotopic (exact) mass is 1920 g/mol. The van der Waals surface area contributed by atoms with E-state index in [1.54, 1.807) is 36.4 Å². The maximum atomic E-state index is 14.2. The van der Waals surface area contributed by atoms with Crippen LogP contribution in [0.2, 0.25) is 0 Å². The number of carbonyl (C=O) groups is 6. The van der Waals surface area contributed by atoms with Crippen LogP contribution in [-0.4, -0.2) is 481 Å². The van der Waals surface area contributed by atoms with E-state index in [0.717, 1.165) is 13.8 Å². The number of aryl methyl sites for hydroxylation is 2. The Morgan fingerprint density at radius 3 is 1.18 bits per heavy atom. The highest BCUT2D eigenvalue weighted by molar-refractivity contribution is 5.95. The quantitative estimate of drug-likeness (QED) is 0.0127. The van der Waals surface area contributed by atoms with E-state index in [4.69, 9.17) is 94.6 Å². The van der Waals surface area contributed by atoms with E-state index in [2.05, 4.69) is 36.0 Å². The number of aliphatic hydroxyl groups is 22. The zero-order chi connectivity index (χ0) is 99.2. The second-order valence-corrected chi connectivity index (χ2v) is 30.6. The van der Waals surface area contributed by atoms with Gasteiger partial charge in [-0.15, -0.1) is 0 Å². The van der Waals surface area contributed by atoms with Crippen LogP contribution in [0, 0.1) is 0 Å². The van der Waals surface area contributed by atoms with E-state index < -0.39 is 271 Å². The van der Waals surface area contributed by atoms with Gasteiger partial charge in [0.1, 0.15) is 122 Å². The number of primary amides is 2. The molecule has 10 unspecified atom stereocenters. The molecule has 0 aliphatic carbocycles. The Hall–Kier alpha value is -7.60. The molecular weight excluding hydrogens is 1790 g/mol. The lowest BCUT2D eigenvalue weighted by atomic mass is 9.87. The number of carboxylic acid groups (broad SMARTS) is 1. The van der Waals surface area contributed by atoms with Gasteiger partial charge in [0.15, 0.2) is 12.6 Å². The fourth-order valence-electron chi connectivity index (χ4n) is 14.1. The number of nitrogens with zero attached hydrogens (tertiary/aromatic N) is 6. The third kappa shape index (κ3) is 36.7. The first kappa shape index (κ1) is 118. The molecule has 0 aromatic heterocycles. The van der Waals surface area contributed by atoms with Crippen molar-refractivity contribution in [2.75, 3.05) is 145 Å². The van der Waals surface area contributed by atoms with Crippen molar-refractivity contribution < 1.29 is 213 Å². The number of ether oxygens (including phenoxy) is 14. The third-order valence-corrected chi connectivity index (χ3v) is 20.9. The zero-order valence-electron chi connectivity index (χ0n) is 72.9. The highest BCUT2D eigenvalue weighted by atomic mass is 16.8. The van der Waals surface area contributed by atoms with Gasteiger partial charge in [-0.3, -0.25) is 24.0 Å². The Balaban J connectivity index is 0.000000490. The summed E-state index contributed by atoms with van der Waals surface area (Å²) in [5.41, 5.74) is 33.4. The van der Waals surface area contributed by atoms with Gasteiger partial charge in [-0.2, -0.15) is 0 Å². The SMILES string of the molecule is CC(=O)N[C@H]1C([C@H](O)[C@H](O)CO)O[C@@](O[C@@H]2C(O)[C@H](O[C@H](C(O)CO)[C@H](O)C(O)CCc3ccccc3C(N)=O)OC(CO)[C@@H]2O)(C(=O)NCCOCCOCCOCCN=[N+]=[N-])C[C@H]1O.CC(=O)N[C@H]1C([C@H](O)[C@H](O)CO)O[C@@](O[C@@H]2C(O)[C@H](O[C@H](C(O)CO)[C@H](O)C(O)CCc3ccccc3C(N)=O)OC(CO)[C@@H]2O)(C(=O)O)C[C@H]1O.[N-]=[N+]=NCCOCCOCCOCCN. The van der Waals surface area contributed by atoms with Crippen LogP contribution in [0.1, 0.15) is 71.4 Å². The summed E-state index contributed by atoms with van der Waals surface area (Å²) >= 11 is 0. The van der Waals surface area contributed by atoms with E-state index in [1.165, 1.54) is 12.1 Å². The molecule has 0 bridgehead atoms. The number of rotatable bonds is 59. The lowest BCUT2D eigenvalue weighted by molar-refractivity contribution is -0.377. The number of hydrogen-bond donors (Lipinski definition) is 29. The maximum Gasteiger partial charge on any atom is 0.364 e. The van der Waals surface area contributed by atoms with Crippen molar-refractivity contribution in [3.05, 3.63) is 91.7 Å². The second kappa shape index (κ2) is 61.6. The van der Waals surface area contributed by atoms with Crippen LogP contribution < -0.4 is 33.2 Å². The van der Waals surface area contributed by atoms with Gasteiger partial charge >= 0.3 is 5.97 Å². The van der Waals surface area contributed by atoms with Crippen LogP contribution >= 0.6 is 0 Å². The largest absolute Gasteiger partial charge is 0.477 e. The average molecular weight is 1920 g/mol. The van der Waals surface area contributed by atoms with Crippen molar-refractivity contribution in [2.45, 2.75) is 235 Å². The molecule has 5 amide bonds. The number of aliphatic hydroxyl groups excluding tert-OH is 22. The molecule has 55 nitrogen and oxygen atoms in total. The number of aliphatic carboxylic acids is 1. The van der Waals surface area contributed by atoms with E-state index in [9.17, 15) is 146 Å². The number of nitrogens with one attached hydrogen (secondary N) is 3.